The first-order chi connectivity index (χ1) is 7.75. The van der Waals surface area contributed by atoms with Crippen LogP contribution in [0.25, 0.3) is 0 Å². The minimum Gasteiger partial charge on any atom is -0.386 e. The summed E-state index contributed by atoms with van der Waals surface area (Å²) >= 11 is 8.93. The molecule has 1 aromatic heterocycles. The first kappa shape index (κ1) is 11.9. The van der Waals surface area contributed by atoms with Gasteiger partial charge in [-0.1, -0.05) is 17.7 Å². The van der Waals surface area contributed by atoms with Gasteiger partial charge < -0.3 is 5.11 Å². The Labute approximate surface area is 107 Å². The van der Waals surface area contributed by atoms with Crippen LogP contribution in [0, 0.1) is 0 Å². The molecule has 1 unspecified atom stereocenters. The van der Waals surface area contributed by atoms with Crippen LogP contribution in [0.3, 0.4) is 0 Å². The Morgan fingerprint density at radius 2 is 2.38 bits per heavy atom. The average molecular weight is 272 g/mol. The Morgan fingerprint density at radius 3 is 3.06 bits per heavy atom. The third kappa shape index (κ3) is 3.22. The number of thiazole rings is 1. The monoisotopic (exact) mass is 271 g/mol. The van der Waals surface area contributed by atoms with Crippen LogP contribution in [0.15, 0.2) is 40.1 Å². The van der Waals surface area contributed by atoms with Gasteiger partial charge in [0.2, 0.25) is 0 Å². The van der Waals surface area contributed by atoms with Gasteiger partial charge in [-0.15, -0.1) is 23.1 Å². The highest BCUT2D eigenvalue weighted by atomic mass is 35.5. The van der Waals surface area contributed by atoms with Crippen molar-refractivity contribution in [2.45, 2.75) is 11.0 Å². The molecular formula is C11H10ClNOS2. The van der Waals surface area contributed by atoms with Crippen LogP contribution < -0.4 is 0 Å². The molecular weight excluding hydrogens is 262 g/mol. The Kier molecular flexibility index (Phi) is 4.23. The summed E-state index contributed by atoms with van der Waals surface area (Å²) in [7, 11) is 0. The number of benzene rings is 1. The molecule has 0 amide bonds. The molecule has 0 radical (unpaired) electrons. The molecule has 0 aliphatic carbocycles. The Balaban J connectivity index is 1.92. The van der Waals surface area contributed by atoms with Crippen LogP contribution in [0.1, 0.15) is 11.8 Å². The molecule has 0 aliphatic rings. The summed E-state index contributed by atoms with van der Waals surface area (Å²) in [5, 5.41) is 12.4. The third-order valence-electron chi connectivity index (χ3n) is 2.00. The predicted molar refractivity (Wildman–Crippen MR) is 69.2 cm³/mol. The summed E-state index contributed by atoms with van der Waals surface area (Å²) in [5.74, 6) is 0.587. The van der Waals surface area contributed by atoms with E-state index < -0.39 is 6.10 Å². The van der Waals surface area contributed by atoms with Gasteiger partial charge in [-0.2, -0.15) is 0 Å². The van der Waals surface area contributed by atoms with Gasteiger partial charge in [0.25, 0.3) is 0 Å². The van der Waals surface area contributed by atoms with E-state index in [9.17, 15) is 5.11 Å². The highest BCUT2D eigenvalue weighted by Gasteiger charge is 2.09. The summed E-state index contributed by atoms with van der Waals surface area (Å²) < 4.78 is 0. The van der Waals surface area contributed by atoms with Gasteiger partial charge in [-0.05, 0) is 18.2 Å². The lowest BCUT2D eigenvalue weighted by Gasteiger charge is -2.07. The lowest BCUT2D eigenvalue weighted by atomic mass is 10.3. The second-order valence-corrected chi connectivity index (χ2v) is 5.45. The van der Waals surface area contributed by atoms with Crippen LogP contribution in [0.2, 0.25) is 5.02 Å². The van der Waals surface area contributed by atoms with Crippen molar-refractivity contribution in [1.82, 2.24) is 4.98 Å². The molecule has 1 heterocycles. The van der Waals surface area contributed by atoms with E-state index in [1.165, 1.54) is 11.3 Å². The highest BCUT2D eigenvalue weighted by Crippen LogP contribution is 2.26. The standard InChI is InChI=1S/C11H10ClNOS2/c12-8-2-1-3-9(4-8)16-6-11(14)10-5-15-7-13-10/h1-5,7,11,14H,6H2. The van der Waals surface area contributed by atoms with E-state index in [4.69, 9.17) is 11.6 Å². The molecule has 5 heteroatoms. The van der Waals surface area contributed by atoms with E-state index in [-0.39, 0.29) is 0 Å². The van der Waals surface area contributed by atoms with Crippen molar-refractivity contribution >= 4 is 34.7 Å². The molecule has 0 saturated heterocycles. The number of aliphatic hydroxyl groups excluding tert-OH is 1. The maximum atomic E-state index is 9.83. The molecule has 2 aromatic rings. The number of hydrogen-bond acceptors (Lipinski definition) is 4. The molecule has 0 fully saturated rings. The average Bonchev–Trinajstić information content (AvgIpc) is 2.79. The number of hydrogen-bond donors (Lipinski definition) is 1. The molecule has 0 saturated carbocycles. The zero-order valence-corrected chi connectivity index (χ0v) is 10.7. The second kappa shape index (κ2) is 5.68. The molecule has 1 aromatic carbocycles. The maximum Gasteiger partial charge on any atom is 0.106 e. The summed E-state index contributed by atoms with van der Waals surface area (Å²) in [6.45, 7) is 0. The molecule has 0 spiro atoms. The molecule has 84 valence electrons. The fourth-order valence-electron chi connectivity index (χ4n) is 1.20. The maximum absolute atomic E-state index is 9.83. The molecule has 0 bridgehead atoms. The van der Waals surface area contributed by atoms with E-state index >= 15 is 0 Å². The molecule has 0 aliphatic heterocycles. The first-order valence-electron chi connectivity index (χ1n) is 4.70. The van der Waals surface area contributed by atoms with Gasteiger partial charge in [0.05, 0.1) is 11.2 Å². The van der Waals surface area contributed by atoms with E-state index in [1.807, 2.05) is 29.6 Å². The van der Waals surface area contributed by atoms with Crippen molar-refractivity contribution in [3.05, 3.63) is 45.9 Å². The van der Waals surface area contributed by atoms with E-state index in [0.717, 1.165) is 10.6 Å². The number of aromatic nitrogens is 1. The number of rotatable bonds is 4. The highest BCUT2D eigenvalue weighted by molar-refractivity contribution is 7.99. The Bertz CT molecular complexity index is 447. The van der Waals surface area contributed by atoms with Crippen LogP contribution in [0.4, 0.5) is 0 Å². The first-order valence-corrected chi connectivity index (χ1v) is 7.01. The summed E-state index contributed by atoms with van der Waals surface area (Å²) in [6, 6.07) is 7.60. The van der Waals surface area contributed by atoms with Crippen molar-refractivity contribution in [2.24, 2.45) is 0 Å². The van der Waals surface area contributed by atoms with E-state index in [1.54, 1.807) is 17.3 Å². The van der Waals surface area contributed by atoms with E-state index in [0.29, 0.717) is 10.8 Å². The molecule has 16 heavy (non-hydrogen) atoms. The van der Waals surface area contributed by atoms with Gasteiger partial charge in [0.15, 0.2) is 0 Å². The number of thioether (sulfide) groups is 1. The second-order valence-electron chi connectivity index (χ2n) is 3.20. The lowest BCUT2D eigenvalue weighted by Crippen LogP contribution is -2.00. The van der Waals surface area contributed by atoms with Crippen LogP contribution >= 0.6 is 34.7 Å². The summed E-state index contributed by atoms with van der Waals surface area (Å²) in [5.41, 5.74) is 2.46. The minimum atomic E-state index is -0.518. The quantitative estimate of drug-likeness (QED) is 0.862. The molecule has 2 nitrogen and oxygen atoms in total. The lowest BCUT2D eigenvalue weighted by molar-refractivity contribution is 0.200. The van der Waals surface area contributed by atoms with Crippen molar-refractivity contribution in [2.75, 3.05) is 5.75 Å². The SMILES string of the molecule is OC(CSc1cccc(Cl)c1)c1cscn1. The van der Waals surface area contributed by atoms with Crippen molar-refractivity contribution in [1.29, 1.82) is 0 Å². The summed E-state index contributed by atoms with van der Waals surface area (Å²) in [6.07, 6.45) is -0.518. The van der Waals surface area contributed by atoms with Crippen LogP contribution in [-0.2, 0) is 0 Å². The zero-order valence-electron chi connectivity index (χ0n) is 8.34. The van der Waals surface area contributed by atoms with Gasteiger partial charge >= 0.3 is 0 Å². The molecule has 1 atom stereocenters. The zero-order chi connectivity index (χ0) is 11.4. The number of aliphatic hydroxyl groups is 1. The smallest absolute Gasteiger partial charge is 0.106 e. The Morgan fingerprint density at radius 1 is 1.50 bits per heavy atom. The van der Waals surface area contributed by atoms with Gasteiger partial charge in [-0.3, -0.25) is 0 Å². The summed E-state index contributed by atoms with van der Waals surface area (Å²) in [4.78, 5) is 5.13. The molecule has 1 N–H and O–H groups in total. The van der Waals surface area contributed by atoms with Crippen molar-refractivity contribution in [3.8, 4) is 0 Å². The van der Waals surface area contributed by atoms with Crippen molar-refractivity contribution in [3.63, 3.8) is 0 Å². The topological polar surface area (TPSA) is 33.1 Å². The largest absolute Gasteiger partial charge is 0.386 e. The molecule has 2 rings (SSSR count). The third-order valence-corrected chi connectivity index (χ3v) is 3.91. The van der Waals surface area contributed by atoms with E-state index in [2.05, 4.69) is 4.98 Å². The van der Waals surface area contributed by atoms with Gasteiger partial charge in [0.1, 0.15) is 6.10 Å². The van der Waals surface area contributed by atoms with Gasteiger partial charge in [-0.25, -0.2) is 4.98 Å². The van der Waals surface area contributed by atoms with Gasteiger partial charge in [0, 0.05) is 21.1 Å². The normalized spacial score (nSPS) is 12.6. The fraction of sp³-hybridized carbons (Fsp3) is 0.182. The fourth-order valence-corrected chi connectivity index (χ4v) is 2.97. The Hall–Kier alpha value is -0.550. The minimum absolute atomic E-state index is 0.518. The van der Waals surface area contributed by atoms with Crippen molar-refractivity contribution < 1.29 is 5.11 Å². The number of halogens is 1. The predicted octanol–water partition coefficient (Wildman–Crippen LogP) is 3.62. The van der Waals surface area contributed by atoms with Crippen LogP contribution in [-0.4, -0.2) is 15.8 Å². The van der Waals surface area contributed by atoms with Crippen LogP contribution in [0.5, 0.6) is 0 Å². The number of nitrogens with zero attached hydrogens (tertiary/aromatic N) is 1.